The minimum absolute atomic E-state index is 0.404. The Balaban J connectivity index is 2.14. The molecule has 10 heavy (non-hydrogen) atoms. The molecule has 2 atom stereocenters. The molecule has 0 spiro atoms. The third-order valence-corrected chi connectivity index (χ3v) is 2.72. The van der Waals surface area contributed by atoms with Crippen LogP contribution in [0.3, 0.4) is 0 Å². The lowest BCUT2D eigenvalue weighted by molar-refractivity contribution is -0.120. The predicted octanol–water partition coefficient (Wildman–Crippen LogP) is 1.93. The number of carbonyl (C=O) groups excluding carboxylic acids is 1. The Hall–Kier alpha value is -0.590. The van der Waals surface area contributed by atoms with Crippen LogP contribution in [0.25, 0.3) is 0 Å². The largest absolute Gasteiger partial charge is 0.295 e. The van der Waals surface area contributed by atoms with Crippen molar-refractivity contribution in [3.05, 3.63) is 11.6 Å². The summed E-state index contributed by atoms with van der Waals surface area (Å²) in [7, 11) is 0. The molecule has 1 unspecified atom stereocenters. The van der Waals surface area contributed by atoms with Crippen LogP contribution in [-0.4, -0.2) is 5.78 Å². The van der Waals surface area contributed by atoms with E-state index in [1.165, 1.54) is 12.8 Å². The number of rotatable bonds is 1. The van der Waals surface area contributed by atoms with Gasteiger partial charge < -0.3 is 0 Å². The Morgan fingerprint density at radius 1 is 1.70 bits per heavy atom. The molecule has 0 amide bonds. The van der Waals surface area contributed by atoms with Crippen LogP contribution in [0.5, 0.6) is 0 Å². The lowest BCUT2D eigenvalue weighted by Crippen LogP contribution is -2.24. The van der Waals surface area contributed by atoms with Crippen molar-refractivity contribution < 1.29 is 4.79 Å². The van der Waals surface area contributed by atoms with Crippen LogP contribution >= 0.6 is 0 Å². The van der Waals surface area contributed by atoms with E-state index in [4.69, 9.17) is 0 Å². The fourth-order valence-electron chi connectivity index (χ4n) is 1.96. The van der Waals surface area contributed by atoms with Gasteiger partial charge in [0, 0.05) is 6.42 Å². The molecule has 0 aromatic rings. The normalized spacial score (nSPS) is 36.9. The van der Waals surface area contributed by atoms with Gasteiger partial charge in [0.2, 0.25) is 0 Å². The van der Waals surface area contributed by atoms with Gasteiger partial charge in [0.1, 0.15) is 0 Å². The van der Waals surface area contributed by atoms with Gasteiger partial charge in [0.05, 0.1) is 0 Å². The molecule has 0 heterocycles. The number of Topliss-reactive ketones (excluding diaryl/α,β-unsaturated/α-hetero) is 1. The van der Waals surface area contributed by atoms with Gasteiger partial charge in [0.15, 0.2) is 5.78 Å². The molecule has 0 N–H and O–H groups in total. The van der Waals surface area contributed by atoms with Crippen molar-refractivity contribution in [2.45, 2.75) is 26.2 Å². The standard InChI is InChI=1S/C9H12O/c1-2-6-3-7-5-9(10)8(7)4-6/h4,6-7H,2-3,5H2,1H3/t6?,7-/m1/s1. The quantitative estimate of drug-likeness (QED) is 0.538. The minimum atomic E-state index is 0.404. The van der Waals surface area contributed by atoms with E-state index in [2.05, 4.69) is 13.0 Å². The van der Waals surface area contributed by atoms with Crippen LogP contribution in [0.15, 0.2) is 11.6 Å². The fourth-order valence-corrected chi connectivity index (χ4v) is 1.96. The zero-order chi connectivity index (χ0) is 7.14. The Morgan fingerprint density at radius 2 is 2.50 bits per heavy atom. The molecule has 1 saturated carbocycles. The summed E-state index contributed by atoms with van der Waals surface area (Å²) in [6.45, 7) is 2.19. The number of hydrogen-bond donors (Lipinski definition) is 0. The van der Waals surface area contributed by atoms with Crippen LogP contribution in [0.1, 0.15) is 26.2 Å². The average molecular weight is 136 g/mol. The molecular formula is C9H12O. The number of ketones is 1. The average Bonchev–Trinajstić information content (AvgIpc) is 2.26. The minimum Gasteiger partial charge on any atom is -0.295 e. The first-order valence-electron chi connectivity index (χ1n) is 4.06. The Bertz CT molecular complexity index is 203. The van der Waals surface area contributed by atoms with Gasteiger partial charge in [-0.05, 0) is 30.3 Å². The van der Waals surface area contributed by atoms with E-state index >= 15 is 0 Å². The summed E-state index contributed by atoms with van der Waals surface area (Å²) in [5.41, 5.74) is 1.15. The molecule has 1 nitrogen and oxygen atoms in total. The van der Waals surface area contributed by atoms with Crippen LogP contribution < -0.4 is 0 Å². The Labute approximate surface area is 61.1 Å². The number of carbonyl (C=O) groups is 1. The lowest BCUT2D eigenvalue weighted by Gasteiger charge is -2.22. The van der Waals surface area contributed by atoms with Gasteiger partial charge in [-0.25, -0.2) is 0 Å². The Kier molecular flexibility index (Phi) is 1.19. The van der Waals surface area contributed by atoms with E-state index in [0.717, 1.165) is 12.0 Å². The monoisotopic (exact) mass is 136 g/mol. The van der Waals surface area contributed by atoms with E-state index in [0.29, 0.717) is 17.6 Å². The molecule has 0 saturated heterocycles. The molecule has 2 aliphatic rings. The highest BCUT2D eigenvalue weighted by Gasteiger charge is 2.38. The molecule has 1 fully saturated rings. The zero-order valence-electron chi connectivity index (χ0n) is 6.26. The van der Waals surface area contributed by atoms with Crippen molar-refractivity contribution in [1.29, 1.82) is 0 Å². The molecule has 2 rings (SSSR count). The number of fused-ring (bicyclic) bond motifs is 1. The Morgan fingerprint density at radius 3 is 3.00 bits per heavy atom. The van der Waals surface area contributed by atoms with Gasteiger partial charge >= 0.3 is 0 Å². The summed E-state index contributed by atoms with van der Waals surface area (Å²) in [6, 6.07) is 0. The SMILES string of the molecule is CCC1C=C2C(=O)C[C@H]2C1. The maximum Gasteiger partial charge on any atom is 0.159 e. The lowest BCUT2D eigenvalue weighted by atomic mass is 9.80. The summed E-state index contributed by atoms with van der Waals surface area (Å²) in [6.07, 6.45) is 5.48. The third kappa shape index (κ3) is 0.664. The first-order valence-corrected chi connectivity index (χ1v) is 4.06. The van der Waals surface area contributed by atoms with Crippen LogP contribution in [0.2, 0.25) is 0 Å². The second kappa shape index (κ2) is 1.94. The highest BCUT2D eigenvalue weighted by Crippen LogP contribution is 2.42. The highest BCUT2D eigenvalue weighted by atomic mass is 16.1. The molecule has 2 aliphatic carbocycles. The van der Waals surface area contributed by atoms with Gasteiger partial charge in [-0.2, -0.15) is 0 Å². The molecule has 0 aliphatic heterocycles. The molecule has 54 valence electrons. The van der Waals surface area contributed by atoms with E-state index in [-0.39, 0.29) is 0 Å². The third-order valence-electron chi connectivity index (χ3n) is 2.72. The summed E-state index contributed by atoms with van der Waals surface area (Å²) in [5, 5.41) is 0. The first-order chi connectivity index (χ1) is 4.81. The number of hydrogen-bond acceptors (Lipinski definition) is 1. The maximum absolute atomic E-state index is 10.9. The smallest absolute Gasteiger partial charge is 0.159 e. The van der Waals surface area contributed by atoms with Crippen molar-refractivity contribution in [1.82, 2.24) is 0 Å². The first kappa shape index (κ1) is 6.14. The molecular weight excluding hydrogens is 124 g/mol. The summed E-state index contributed by atoms with van der Waals surface area (Å²) < 4.78 is 0. The van der Waals surface area contributed by atoms with Crippen LogP contribution in [0.4, 0.5) is 0 Å². The second-order valence-corrected chi connectivity index (χ2v) is 3.35. The molecule has 1 heteroatoms. The van der Waals surface area contributed by atoms with E-state index < -0.39 is 0 Å². The van der Waals surface area contributed by atoms with Gasteiger partial charge in [-0.15, -0.1) is 0 Å². The van der Waals surface area contributed by atoms with Gasteiger partial charge in [0.25, 0.3) is 0 Å². The van der Waals surface area contributed by atoms with E-state index in [9.17, 15) is 4.79 Å². The van der Waals surface area contributed by atoms with Crippen LogP contribution in [-0.2, 0) is 4.79 Å². The van der Waals surface area contributed by atoms with E-state index in [1.54, 1.807) is 0 Å². The van der Waals surface area contributed by atoms with Gasteiger partial charge in [-0.3, -0.25) is 4.79 Å². The van der Waals surface area contributed by atoms with Crippen molar-refractivity contribution >= 4 is 5.78 Å². The fraction of sp³-hybridized carbons (Fsp3) is 0.667. The summed E-state index contributed by atoms with van der Waals surface area (Å²) >= 11 is 0. The highest BCUT2D eigenvalue weighted by molar-refractivity contribution is 6.03. The second-order valence-electron chi connectivity index (χ2n) is 3.35. The predicted molar refractivity (Wildman–Crippen MR) is 39.6 cm³/mol. The molecule has 0 radical (unpaired) electrons. The van der Waals surface area contributed by atoms with E-state index in [1.807, 2.05) is 0 Å². The molecule has 0 aromatic carbocycles. The van der Waals surface area contributed by atoms with Crippen molar-refractivity contribution in [2.24, 2.45) is 11.8 Å². The van der Waals surface area contributed by atoms with Crippen molar-refractivity contribution in [2.75, 3.05) is 0 Å². The van der Waals surface area contributed by atoms with Crippen LogP contribution in [0, 0.1) is 11.8 Å². The van der Waals surface area contributed by atoms with Gasteiger partial charge in [-0.1, -0.05) is 13.0 Å². The summed E-state index contributed by atoms with van der Waals surface area (Å²) in [4.78, 5) is 10.9. The number of allylic oxidation sites excluding steroid dienone is 2. The molecule has 0 bridgehead atoms. The van der Waals surface area contributed by atoms with Crippen molar-refractivity contribution in [3.8, 4) is 0 Å². The summed E-state index contributed by atoms with van der Waals surface area (Å²) in [5.74, 6) is 1.78. The van der Waals surface area contributed by atoms with Crippen molar-refractivity contribution in [3.63, 3.8) is 0 Å². The molecule has 0 aromatic heterocycles. The maximum atomic E-state index is 10.9. The zero-order valence-corrected chi connectivity index (χ0v) is 6.26. The topological polar surface area (TPSA) is 17.1 Å².